The zero-order valence-electron chi connectivity index (χ0n) is 16.0. The van der Waals surface area contributed by atoms with Crippen LogP contribution in [0.1, 0.15) is 30.4 Å². The molecule has 0 saturated carbocycles. The van der Waals surface area contributed by atoms with Gasteiger partial charge in [0.1, 0.15) is 6.04 Å². The van der Waals surface area contributed by atoms with Crippen molar-refractivity contribution < 1.29 is 23.9 Å². The second-order valence-electron chi connectivity index (χ2n) is 8.54. The van der Waals surface area contributed by atoms with Gasteiger partial charge in [-0.05, 0) is 30.5 Å². The second-order valence-corrected chi connectivity index (χ2v) is 8.54. The Kier molecular flexibility index (Phi) is 3.85. The molecule has 3 aliphatic rings. The lowest BCUT2D eigenvalue weighted by Gasteiger charge is -2.51. The zero-order valence-corrected chi connectivity index (χ0v) is 16.0. The SMILES string of the molecule is COC1=CC2C3Cc4ccc(OC)c(O)c4C2(CCC[N+]3(C)C)CC1=O. The van der Waals surface area contributed by atoms with Crippen LogP contribution < -0.4 is 4.74 Å². The number of hydrogen-bond donors (Lipinski definition) is 1. The highest BCUT2D eigenvalue weighted by atomic mass is 16.5. The number of phenols is 1. The van der Waals surface area contributed by atoms with Crippen molar-refractivity contribution in [3.05, 3.63) is 35.1 Å². The maximum absolute atomic E-state index is 12.8. The number of likely N-dealkylation sites (tertiary alicyclic amines) is 1. The topological polar surface area (TPSA) is 55.8 Å². The number of nitrogens with zero attached hydrogens (tertiary/aromatic N) is 1. The summed E-state index contributed by atoms with van der Waals surface area (Å²) >= 11 is 0. The average molecular weight is 358 g/mol. The Labute approximate surface area is 154 Å². The van der Waals surface area contributed by atoms with Crippen molar-refractivity contribution in [2.45, 2.75) is 37.1 Å². The molecule has 2 bridgehead atoms. The molecule has 4 rings (SSSR count). The van der Waals surface area contributed by atoms with E-state index in [2.05, 4.69) is 20.2 Å². The summed E-state index contributed by atoms with van der Waals surface area (Å²) in [4.78, 5) is 12.8. The van der Waals surface area contributed by atoms with Gasteiger partial charge in [-0.1, -0.05) is 6.07 Å². The molecule has 1 aliphatic heterocycles. The molecule has 0 aromatic heterocycles. The van der Waals surface area contributed by atoms with Crippen molar-refractivity contribution >= 4 is 5.78 Å². The van der Waals surface area contributed by atoms with Gasteiger partial charge in [0, 0.05) is 29.7 Å². The Morgan fingerprint density at radius 3 is 2.69 bits per heavy atom. The third-order valence-corrected chi connectivity index (χ3v) is 6.98. The van der Waals surface area contributed by atoms with Crippen LogP contribution in [-0.4, -0.2) is 56.3 Å². The van der Waals surface area contributed by atoms with E-state index in [1.807, 2.05) is 12.1 Å². The summed E-state index contributed by atoms with van der Waals surface area (Å²) in [6.45, 7) is 1.07. The molecular weight excluding hydrogens is 330 g/mol. The average Bonchev–Trinajstić information content (AvgIpc) is 2.66. The highest BCUT2D eigenvalue weighted by molar-refractivity contribution is 5.96. The van der Waals surface area contributed by atoms with Crippen LogP contribution in [0.3, 0.4) is 0 Å². The van der Waals surface area contributed by atoms with Gasteiger partial charge < -0.3 is 19.1 Å². The minimum atomic E-state index is -0.373. The summed E-state index contributed by atoms with van der Waals surface area (Å²) in [6, 6.07) is 4.28. The van der Waals surface area contributed by atoms with Gasteiger partial charge in [-0.25, -0.2) is 0 Å². The number of carbonyl (C=O) groups excluding carboxylic acids is 1. The molecule has 1 N–H and O–H groups in total. The maximum atomic E-state index is 12.8. The van der Waals surface area contributed by atoms with Crippen LogP contribution in [-0.2, 0) is 21.4 Å². The summed E-state index contributed by atoms with van der Waals surface area (Å²) in [5, 5.41) is 11.0. The number of methoxy groups -OCH3 is 2. The first-order valence-electron chi connectivity index (χ1n) is 9.35. The molecule has 0 spiro atoms. The van der Waals surface area contributed by atoms with Gasteiger partial charge in [-0.3, -0.25) is 4.79 Å². The number of carbonyl (C=O) groups is 1. The van der Waals surface area contributed by atoms with Gasteiger partial charge in [0.25, 0.3) is 0 Å². The number of quaternary nitrogens is 1. The van der Waals surface area contributed by atoms with Crippen molar-refractivity contribution in [1.82, 2.24) is 0 Å². The molecular formula is C21H28NO4+. The monoisotopic (exact) mass is 358 g/mol. The number of aromatic hydroxyl groups is 1. The van der Waals surface area contributed by atoms with Crippen molar-refractivity contribution in [3.63, 3.8) is 0 Å². The molecule has 0 amide bonds. The number of hydrogen-bond acceptors (Lipinski definition) is 4. The number of ether oxygens (including phenoxy) is 2. The normalized spacial score (nSPS) is 32.0. The van der Waals surface area contributed by atoms with Gasteiger partial charge in [0.15, 0.2) is 23.0 Å². The number of Topliss-reactive ketones (excluding diaryl/α,β-unsaturated/α-hetero) is 1. The largest absolute Gasteiger partial charge is 0.504 e. The molecule has 5 nitrogen and oxygen atoms in total. The number of allylic oxidation sites excluding steroid dienone is 1. The van der Waals surface area contributed by atoms with Crippen LogP contribution in [0.25, 0.3) is 0 Å². The third-order valence-electron chi connectivity index (χ3n) is 6.98. The van der Waals surface area contributed by atoms with Gasteiger partial charge in [0.05, 0.1) is 34.9 Å². The van der Waals surface area contributed by atoms with Gasteiger partial charge in [-0.15, -0.1) is 0 Å². The molecule has 1 aromatic rings. The molecule has 3 atom stereocenters. The van der Waals surface area contributed by atoms with Crippen LogP contribution >= 0.6 is 0 Å². The van der Waals surface area contributed by atoms with Crippen LogP contribution in [0.5, 0.6) is 11.5 Å². The fraction of sp³-hybridized carbons (Fsp3) is 0.571. The number of benzene rings is 1. The smallest absolute Gasteiger partial charge is 0.197 e. The lowest BCUT2D eigenvalue weighted by atomic mass is 9.55. The second kappa shape index (κ2) is 5.74. The highest BCUT2D eigenvalue weighted by Gasteiger charge is 2.58. The minimum absolute atomic E-state index is 0.0322. The number of ketones is 1. The Bertz CT molecular complexity index is 797. The Hall–Kier alpha value is -2.01. The van der Waals surface area contributed by atoms with E-state index >= 15 is 0 Å². The molecule has 140 valence electrons. The van der Waals surface area contributed by atoms with E-state index in [9.17, 15) is 9.90 Å². The maximum Gasteiger partial charge on any atom is 0.197 e. The number of rotatable bonds is 2. The molecule has 1 fully saturated rings. The Morgan fingerprint density at radius 2 is 2.00 bits per heavy atom. The van der Waals surface area contributed by atoms with E-state index < -0.39 is 0 Å². The van der Waals surface area contributed by atoms with E-state index in [-0.39, 0.29) is 22.9 Å². The molecule has 1 aromatic carbocycles. The van der Waals surface area contributed by atoms with Crippen molar-refractivity contribution in [2.75, 3.05) is 34.9 Å². The molecule has 2 aliphatic carbocycles. The van der Waals surface area contributed by atoms with Crippen molar-refractivity contribution in [1.29, 1.82) is 0 Å². The third kappa shape index (κ3) is 2.22. The first-order valence-corrected chi connectivity index (χ1v) is 9.35. The fourth-order valence-corrected chi connectivity index (χ4v) is 5.71. The number of likely N-dealkylation sites (N-methyl/N-ethyl adjacent to an activating group) is 1. The molecule has 0 radical (unpaired) electrons. The van der Waals surface area contributed by atoms with E-state index in [1.165, 1.54) is 0 Å². The van der Waals surface area contributed by atoms with Gasteiger partial charge in [-0.2, -0.15) is 0 Å². The summed E-state index contributed by atoms with van der Waals surface area (Å²) in [7, 11) is 7.71. The van der Waals surface area contributed by atoms with Crippen LogP contribution in [0.15, 0.2) is 24.0 Å². The first kappa shape index (κ1) is 17.4. The molecule has 26 heavy (non-hydrogen) atoms. The molecule has 3 unspecified atom stereocenters. The first-order chi connectivity index (χ1) is 12.3. The van der Waals surface area contributed by atoms with E-state index in [0.29, 0.717) is 24.0 Å². The van der Waals surface area contributed by atoms with Gasteiger partial charge >= 0.3 is 0 Å². The van der Waals surface area contributed by atoms with E-state index in [4.69, 9.17) is 9.47 Å². The van der Waals surface area contributed by atoms with Crippen molar-refractivity contribution in [2.24, 2.45) is 5.92 Å². The van der Waals surface area contributed by atoms with Crippen LogP contribution in [0, 0.1) is 5.92 Å². The zero-order chi connectivity index (χ0) is 18.7. The summed E-state index contributed by atoms with van der Waals surface area (Å²) in [5.41, 5.74) is 1.71. The van der Waals surface area contributed by atoms with Crippen LogP contribution in [0.4, 0.5) is 0 Å². The predicted molar refractivity (Wildman–Crippen MR) is 98.2 cm³/mol. The standard InChI is InChI=1S/C21H27NO4/c1-22(2)9-5-8-21-12-16(23)18(26-4)11-14(21)15(22)10-13-6-7-17(25-3)20(24)19(13)21/h6-7,11,14-15H,5,8-10,12H2,1-4H3/p+1. The lowest BCUT2D eigenvalue weighted by Crippen LogP contribution is -2.59. The highest BCUT2D eigenvalue weighted by Crippen LogP contribution is 2.58. The molecule has 1 saturated heterocycles. The summed E-state index contributed by atoms with van der Waals surface area (Å²) in [6.07, 6.45) is 5.24. The fourth-order valence-electron chi connectivity index (χ4n) is 5.71. The quantitative estimate of drug-likeness (QED) is 0.826. The van der Waals surface area contributed by atoms with E-state index in [1.54, 1.807) is 14.2 Å². The van der Waals surface area contributed by atoms with E-state index in [0.717, 1.165) is 41.4 Å². The summed E-state index contributed by atoms with van der Waals surface area (Å²) < 4.78 is 11.7. The van der Waals surface area contributed by atoms with Crippen LogP contribution in [0.2, 0.25) is 0 Å². The lowest BCUT2D eigenvalue weighted by molar-refractivity contribution is -0.917. The number of phenolic OH excluding ortho intramolecular Hbond substituents is 1. The molecule has 5 heteroatoms. The Balaban J connectivity index is 2.01. The van der Waals surface area contributed by atoms with Crippen molar-refractivity contribution in [3.8, 4) is 11.5 Å². The number of fused-ring (bicyclic) bond motifs is 1. The predicted octanol–water partition coefficient (Wildman–Crippen LogP) is 2.55. The Morgan fingerprint density at radius 1 is 1.23 bits per heavy atom. The van der Waals surface area contributed by atoms with Gasteiger partial charge in [0.2, 0.25) is 0 Å². The summed E-state index contributed by atoms with van der Waals surface area (Å²) in [5.74, 6) is 1.37. The molecule has 1 heterocycles. The minimum Gasteiger partial charge on any atom is -0.504 e.